The summed E-state index contributed by atoms with van der Waals surface area (Å²) in [6, 6.07) is 15.8. The zero-order valence-corrected chi connectivity index (χ0v) is 17.8. The fourth-order valence-corrected chi connectivity index (χ4v) is 4.43. The molecule has 0 radical (unpaired) electrons. The molecule has 0 unspecified atom stereocenters. The Kier molecular flexibility index (Phi) is 4.92. The Hall–Kier alpha value is -3.64. The molecule has 0 atom stereocenters. The van der Waals surface area contributed by atoms with Gasteiger partial charge in [0.15, 0.2) is 10.9 Å². The van der Waals surface area contributed by atoms with Crippen molar-refractivity contribution in [3.63, 3.8) is 0 Å². The Morgan fingerprint density at radius 3 is 2.87 bits per heavy atom. The first-order valence-electron chi connectivity index (χ1n) is 10.0. The van der Waals surface area contributed by atoms with Gasteiger partial charge < -0.3 is 5.73 Å². The van der Waals surface area contributed by atoms with Crippen LogP contribution >= 0.6 is 11.3 Å². The number of pyridine rings is 1. The Morgan fingerprint density at radius 2 is 2.03 bits per heavy atom. The van der Waals surface area contributed by atoms with Gasteiger partial charge in [-0.3, -0.25) is 9.79 Å². The molecule has 5 rings (SSSR count). The summed E-state index contributed by atoms with van der Waals surface area (Å²) in [6.07, 6.45) is 6.21. The van der Waals surface area contributed by atoms with Gasteiger partial charge in [0.25, 0.3) is 0 Å². The number of thiazole rings is 1. The van der Waals surface area contributed by atoms with E-state index < -0.39 is 0 Å². The van der Waals surface area contributed by atoms with Crippen molar-refractivity contribution in [3.05, 3.63) is 89.1 Å². The van der Waals surface area contributed by atoms with E-state index in [-0.39, 0.29) is 5.78 Å². The van der Waals surface area contributed by atoms with Crippen LogP contribution in [0.1, 0.15) is 27.0 Å². The maximum absolute atomic E-state index is 13.1. The number of nitrogens with two attached hydrogens (primary N) is 1. The Balaban J connectivity index is 1.43. The average Bonchev–Trinajstić information content (AvgIpc) is 3.42. The second-order valence-electron chi connectivity index (χ2n) is 7.56. The molecular formula is C25H20N4OS. The lowest BCUT2D eigenvalue weighted by molar-refractivity contribution is 0.0993. The van der Waals surface area contributed by atoms with Crippen LogP contribution < -0.4 is 5.73 Å². The van der Waals surface area contributed by atoms with Crippen LogP contribution in [0.3, 0.4) is 0 Å². The van der Waals surface area contributed by atoms with Crippen LogP contribution in [0.15, 0.2) is 71.9 Å². The number of Topliss-reactive ketones (excluding diaryl/α,β-unsaturated/α-hetero) is 1. The molecule has 0 saturated carbocycles. The third kappa shape index (κ3) is 3.90. The van der Waals surface area contributed by atoms with Crippen LogP contribution in [0.5, 0.6) is 0 Å². The third-order valence-corrected chi connectivity index (χ3v) is 6.17. The number of nitrogen functional groups attached to an aromatic ring is 1. The van der Waals surface area contributed by atoms with Gasteiger partial charge in [-0.25, -0.2) is 9.97 Å². The number of anilines is 1. The molecule has 0 amide bonds. The van der Waals surface area contributed by atoms with E-state index >= 15 is 0 Å². The minimum absolute atomic E-state index is 0.0780. The molecule has 2 aromatic heterocycles. The first kappa shape index (κ1) is 19.3. The number of ketones is 1. The Labute approximate surface area is 184 Å². The van der Waals surface area contributed by atoms with Crippen LogP contribution in [0.2, 0.25) is 0 Å². The van der Waals surface area contributed by atoms with Crippen LogP contribution in [-0.4, -0.2) is 28.0 Å². The molecule has 6 heteroatoms. The van der Waals surface area contributed by atoms with Gasteiger partial charge in [-0.1, -0.05) is 47.7 Å². The number of aliphatic imine (C=N–C) groups is 1. The number of allylic oxidation sites excluding steroid dienone is 1. The van der Waals surface area contributed by atoms with Crippen LogP contribution in [0.25, 0.3) is 21.5 Å². The first-order valence-corrected chi connectivity index (χ1v) is 10.8. The van der Waals surface area contributed by atoms with E-state index in [2.05, 4.69) is 15.0 Å². The summed E-state index contributed by atoms with van der Waals surface area (Å²) >= 11 is 1.37. The molecule has 0 saturated heterocycles. The van der Waals surface area contributed by atoms with E-state index in [1.165, 1.54) is 11.3 Å². The van der Waals surface area contributed by atoms with Gasteiger partial charge in [-0.2, -0.15) is 0 Å². The van der Waals surface area contributed by atoms with Crippen molar-refractivity contribution in [2.75, 3.05) is 12.3 Å². The highest BCUT2D eigenvalue weighted by Gasteiger charge is 2.13. The molecule has 31 heavy (non-hydrogen) atoms. The van der Waals surface area contributed by atoms with Gasteiger partial charge in [0.05, 0.1) is 12.3 Å². The van der Waals surface area contributed by atoms with Gasteiger partial charge >= 0.3 is 0 Å². The highest BCUT2D eigenvalue weighted by atomic mass is 32.1. The molecule has 2 N–H and O–H groups in total. The summed E-state index contributed by atoms with van der Waals surface area (Å²) in [7, 11) is 0. The second kappa shape index (κ2) is 7.89. The average molecular weight is 425 g/mol. The number of carbonyl (C=O) groups is 1. The van der Waals surface area contributed by atoms with Crippen molar-refractivity contribution < 1.29 is 4.79 Å². The van der Waals surface area contributed by atoms with Gasteiger partial charge in [0.2, 0.25) is 0 Å². The smallest absolute Gasteiger partial charge is 0.182 e. The molecule has 0 aliphatic carbocycles. The molecule has 0 spiro atoms. The molecule has 0 fully saturated rings. The number of aryl methyl sites for hydroxylation is 1. The van der Waals surface area contributed by atoms with Crippen molar-refractivity contribution in [3.8, 4) is 11.1 Å². The number of fused-ring (bicyclic) bond motifs is 1. The number of hydrogen-bond donors (Lipinski definition) is 1. The SMILES string of the molecule is Cc1ccc(C(=O)Cc2cccc(C3=NCC=C3)c2)cc1-c1cnc2sc(N)nc2c1. The van der Waals surface area contributed by atoms with Gasteiger partial charge in [-0.15, -0.1) is 0 Å². The quantitative estimate of drug-likeness (QED) is 0.456. The summed E-state index contributed by atoms with van der Waals surface area (Å²) in [5.41, 5.74) is 13.2. The molecule has 0 bridgehead atoms. The number of nitrogens with zero attached hydrogens (tertiary/aromatic N) is 3. The minimum Gasteiger partial charge on any atom is -0.375 e. The summed E-state index contributed by atoms with van der Waals surface area (Å²) in [5, 5.41) is 0.501. The van der Waals surface area contributed by atoms with E-state index in [1.807, 2.05) is 73.8 Å². The number of carbonyl (C=O) groups excluding carboxylic acids is 1. The standard InChI is InChI=1S/C25H20N4OS/c1-15-7-8-18(12-20(15)19-13-22-24(28-14-19)31-25(26)29-22)23(30)11-16-4-2-5-17(10-16)21-6-3-9-27-21/h2-8,10,12-14H,9,11H2,1H3,(H2,26,29). The van der Waals surface area contributed by atoms with Crippen LogP contribution in [0.4, 0.5) is 5.13 Å². The molecular weight excluding hydrogens is 404 g/mol. The molecule has 2 aromatic carbocycles. The van der Waals surface area contributed by atoms with Crippen molar-refractivity contribution >= 4 is 38.3 Å². The Morgan fingerprint density at radius 1 is 1.13 bits per heavy atom. The normalized spacial score (nSPS) is 13.0. The maximum Gasteiger partial charge on any atom is 0.182 e. The Bertz CT molecular complexity index is 1380. The second-order valence-corrected chi connectivity index (χ2v) is 8.57. The third-order valence-electron chi connectivity index (χ3n) is 5.36. The summed E-state index contributed by atoms with van der Waals surface area (Å²) in [5.74, 6) is 0.0780. The zero-order valence-electron chi connectivity index (χ0n) is 17.0. The number of benzene rings is 2. The van der Waals surface area contributed by atoms with E-state index in [9.17, 15) is 4.79 Å². The van der Waals surface area contributed by atoms with Crippen molar-refractivity contribution in [2.45, 2.75) is 13.3 Å². The van der Waals surface area contributed by atoms with E-state index in [4.69, 9.17) is 5.73 Å². The highest BCUT2D eigenvalue weighted by molar-refractivity contribution is 7.21. The van der Waals surface area contributed by atoms with Gasteiger partial charge in [-0.05, 0) is 53.5 Å². The molecule has 1 aliphatic rings. The lowest BCUT2D eigenvalue weighted by atomic mass is 9.95. The van der Waals surface area contributed by atoms with Gasteiger partial charge in [0, 0.05) is 23.7 Å². The molecule has 5 nitrogen and oxygen atoms in total. The first-order chi connectivity index (χ1) is 15.1. The van der Waals surface area contributed by atoms with E-state index in [0.29, 0.717) is 17.1 Å². The molecule has 3 heterocycles. The summed E-state index contributed by atoms with van der Waals surface area (Å²) in [4.78, 5) is 27.2. The van der Waals surface area contributed by atoms with Crippen molar-refractivity contribution in [2.24, 2.45) is 4.99 Å². The van der Waals surface area contributed by atoms with E-state index in [1.54, 1.807) is 0 Å². The van der Waals surface area contributed by atoms with Crippen LogP contribution in [0, 0.1) is 6.92 Å². The van der Waals surface area contributed by atoms with Crippen molar-refractivity contribution in [1.29, 1.82) is 0 Å². The van der Waals surface area contributed by atoms with Gasteiger partial charge in [0.1, 0.15) is 10.3 Å². The predicted molar refractivity (Wildman–Crippen MR) is 127 cm³/mol. The topological polar surface area (TPSA) is 81.2 Å². The summed E-state index contributed by atoms with van der Waals surface area (Å²) in [6.45, 7) is 2.75. The fraction of sp³-hybridized carbons (Fsp3) is 0.120. The van der Waals surface area contributed by atoms with E-state index in [0.717, 1.165) is 50.4 Å². The van der Waals surface area contributed by atoms with Crippen molar-refractivity contribution in [1.82, 2.24) is 9.97 Å². The number of rotatable bonds is 5. The number of hydrogen-bond acceptors (Lipinski definition) is 6. The maximum atomic E-state index is 13.1. The molecule has 152 valence electrons. The van der Waals surface area contributed by atoms with Crippen LogP contribution in [-0.2, 0) is 6.42 Å². The molecule has 4 aromatic rings. The number of aromatic nitrogens is 2. The lowest BCUT2D eigenvalue weighted by Crippen LogP contribution is -2.05. The summed E-state index contributed by atoms with van der Waals surface area (Å²) < 4.78 is 0. The fourth-order valence-electron chi connectivity index (χ4n) is 3.78. The largest absolute Gasteiger partial charge is 0.375 e. The molecule has 1 aliphatic heterocycles. The highest BCUT2D eigenvalue weighted by Crippen LogP contribution is 2.29. The lowest BCUT2D eigenvalue weighted by Gasteiger charge is -2.09. The zero-order chi connectivity index (χ0) is 21.4. The minimum atomic E-state index is 0.0780. The predicted octanol–water partition coefficient (Wildman–Crippen LogP) is 5.03. The monoisotopic (exact) mass is 424 g/mol.